The van der Waals surface area contributed by atoms with Crippen LogP contribution in [-0.2, 0) is 19.9 Å². The minimum absolute atomic E-state index is 0.306. The first-order valence-corrected chi connectivity index (χ1v) is 7.86. The molecule has 0 fully saturated rings. The van der Waals surface area contributed by atoms with E-state index in [2.05, 4.69) is 12.0 Å². The van der Waals surface area contributed by atoms with Crippen molar-refractivity contribution in [2.75, 3.05) is 0 Å². The topological polar surface area (TPSA) is 38.1 Å². The molecule has 0 amide bonds. The second-order valence-electron chi connectivity index (χ2n) is 5.25. The standard InChI is InChI=1S/C15H27ClN2O/c1-4-6-7-8-9-10-12(19)11-14-15(16)13(5-2)17-18(14)3/h12,19H,4-11H2,1-3H3. The number of aromatic nitrogens is 2. The number of aryl methyl sites for hydroxylation is 2. The molecule has 19 heavy (non-hydrogen) atoms. The number of unbranched alkanes of at least 4 members (excludes halogenated alkanes) is 4. The van der Waals surface area contributed by atoms with Gasteiger partial charge in [0, 0.05) is 13.5 Å². The molecule has 1 rings (SSSR count). The molecular weight excluding hydrogens is 260 g/mol. The molecule has 4 heteroatoms. The predicted octanol–water partition coefficient (Wildman–Crippen LogP) is 3.90. The summed E-state index contributed by atoms with van der Waals surface area (Å²) in [5, 5.41) is 15.2. The highest BCUT2D eigenvalue weighted by Gasteiger charge is 2.16. The zero-order valence-electron chi connectivity index (χ0n) is 12.5. The number of hydrogen-bond acceptors (Lipinski definition) is 2. The van der Waals surface area contributed by atoms with Crippen LogP contribution in [0.3, 0.4) is 0 Å². The average molecular weight is 287 g/mol. The van der Waals surface area contributed by atoms with Crippen molar-refractivity contribution in [3.8, 4) is 0 Å². The monoisotopic (exact) mass is 286 g/mol. The highest BCUT2D eigenvalue weighted by atomic mass is 35.5. The van der Waals surface area contributed by atoms with Crippen molar-refractivity contribution >= 4 is 11.6 Å². The van der Waals surface area contributed by atoms with E-state index in [0.29, 0.717) is 6.42 Å². The molecule has 0 aliphatic heterocycles. The summed E-state index contributed by atoms with van der Waals surface area (Å²) in [5.41, 5.74) is 1.88. The van der Waals surface area contributed by atoms with Gasteiger partial charge in [0.1, 0.15) is 0 Å². The Hall–Kier alpha value is -0.540. The Bertz CT molecular complexity index is 376. The van der Waals surface area contributed by atoms with E-state index in [9.17, 15) is 5.11 Å². The van der Waals surface area contributed by atoms with Crippen molar-refractivity contribution in [2.24, 2.45) is 7.05 Å². The van der Waals surface area contributed by atoms with Crippen LogP contribution in [0.5, 0.6) is 0 Å². The molecule has 0 bridgehead atoms. The number of aliphatic hydroxyl groups excluding tert-OH is 1. The maximum absolute atomic E-state index is 10.1. The molecule has 1 aromatic rings. The van der Waals surface area contributed by atoms with Gasteiger partial charge in [-0.15, -0.1) is 0 Å². The number of aliphatic hydroxyl groups is 1. The smallest absolute Gasteiger partial charge is 0.0850 e. The van der Waals surface area contributed by atoms with Crippen molar-refractivity contribution in [1.29, 1.82) is 0 Å². The molecule has 1 atom stereocenters. The molecule has 0 saturated heterocycles. The Kier molecular flexibility index (Phi) is 7.47. The van der Waals surface area contributed by atoms with E-state index in [0.717, 1.165) is 35.7 Å². The molecule has 0 aliphatic rings. The lowest BCUT2D eigenvalue weighted by Crippen LogP contribution is -2.13. The van der Waals surface area contributed by atoms with E-state index >= 15 is 0 Å². The molecule has 0 radical (unpaired) electrons. The molecular formula is C15H27ClN2O. The van der Waals surface area contributed by atoms with Crippen LogP contribution < -0.4 is 0 Å². The van der Waals surface area contributed by atoms with Gasteiger partial charge in [-0.25, -0.2) is 0 Å². The van der Waals surface area contributed by atoms with Crippen LogP contribution in [0, 0.1) is 0 Å². The maximum atomic E-state index is 10.1. The van der Waals surface area contributed by atoms with Gasteiger partial charge in [0.25, 0.3) is 0 Å². The fourth-order valence-corrected chi connectivity index (χ4v) is 2.72. The fraction of sp³-hybridized carbons (Fsp3) is 0.800. The minimum Gasteiger partial charge on any atom is -0.393 e. The first-order chi connectivity index (χ1) is 9.10. The number of nitrogens with zero attached hydrogens (tertiary/aromatic N) is 2. The first kappa shape index (κ1) is 16.5. The van der Waals surface area contributed by atoms with Crippen LogP contribution in [-0.4, -0.2) is 21.0 Å². The van der Waals surface area contributed by atoms with Gasteiger partial charge >= 0.3 is 0 Å². The zero-order valence-corrected chi connectivity index (χ0v) is 13.2. The van der Waals surface area contributed by atoms with Gasteiger partial charge < -0.3 is 5.11 Å². The summed E-state index contributed by atoms with van der Waals surface area (Å²) in [5.74, 6) is 0. The molecule has 0 aliphatic carbocycles. The largest absolute Gasteiger partial charge is 0.393 e. The molecule has 1 N–H and O–H groups in total. The van der Waals surface area contributed by atoms with Crippen molar-refractivity contribution in [3.05, 3.63) is 16.4 Å². The van der Waals surface area contributed by atoms with Crippen molar-refractivity contribution < 1.29 is 5.11 Å². The summed E-state index contributed by atoms with van der Waals surface area (Å²) < 4.78 is 1.81. The predicted molar refractivity (Wildman–Crippen MR) is 80.7 cm³/mol. The SMILES string of the molecule is CCCCCCCC(O)Cc1c(Cl)c(CC)nn1C. The number of hydrogen-bond donors (Lipinski definition) is 1. The molecule has 1 heterocycles. The van der Waals surface area contributed by atoms with Gasteiger partial charge in [0.05, 0.1) is 22.5 Å². The Morgan fingerprint density at radius 3 is 2.47 bits per heavy atom. The molecule has 3 nitrogen and oxygen atoms in total. The lowest BCUT2D eigenvalue weighted by Gasteiger charge is -2.11. The average Bonchev–Trinajstić information content (AvgIpc) is 2.66. The van der Waals surface area contributed by atoms with Crippen molar-refractivity contribution in [1.82, 2.24) is 9.78 Å². The third-order valence-electron chi connectivity index (χ3n) is 3.57. The Morgan fingerprint density at radius 2 is 1.89 bits per heavy atom. The van der Waals surface area contributed by atoms with Crippen LogP contribution in [0.1, 0.15) is 63.8 Å². The molecule has 110 valence electrons. The number of rotatable bonds is 9. The molecule has 0 aromatic carbocycles. The Morgan fingerprint density at radius 1 is 1.21 bits per heavy atom. The van der Waals surface area contributed by atoms with Crippen LogP contribution in [0.25, 0.3) is 0 Å². The summed E-state index contributed by atoms with van der Waals surface area (Å²) in [6.45, 7) is 4.26. The fourth-order valence-electron chi connectivity index (χ4n) is 2.35. The third kappa shape index (κ3) is 5.15. The summed E-state index contributed by atoms with van der Waals surface area (Å²) in [7, 11) is 1.90. The molecule has 0 saturated carbocycles. The molecule has 1 aromatic heterocycles. The highest BCUT2D eigenvalue weighted by molar-refractivity contribution is 6.31. The summed E-state index contributed by atoms with van der Waals surface area (Å²) in [6, 6.07) is 0. The lowest BCUT2D eigenvalue weighted by atomic mass is 10.0. The quantitative estimate of drug-likeness (QED) is 0.699. The lowest BCUT2D eigenvalue weighted by molar-refractivity contribution is 0.158. The van der Waals surface area contributed by atoms with Gasteiger partial charge in [-0.2, -0.15) is 5.10 Å². The molecule has 0 spiro atoms. The zero-order chi connectivity index (χ0) is 14.3. The van der Waals surface area contributed by atoms with Gasteiger partial charge in [-0.3, -0.25) is 4.68 Å². The van der Waals surface area contributed by atoms with Crippen molar-refractivity contribution in [3.63, 3.8) is 0 Å². The van der Waals surface area contributed by atoms with E-state index in [-0.39, 0.29) is 6.10 Å². The maximum Gasteiger partial charge on any atom is 0.0850 e. The third-order valence-corrected chi connectivity index (χ3v) is 4.01. The van der Waals surface area contributed by atoms with Crippen LogP contribution in [0.4, 0.5) is 0 Å². The normalized spacial score (nSPS) is 12.9. The van der Waals surface area contributed by atoms with E-state index in [1.807, 2.05) is 18.7 Å². The summed E-state index contributed by atoms with van der Waals surface area (Å²) in [4.78, 5) is 0. The highest BCUT2D eigenvalue weighted by Crippen LogP contribution is 2.23. The van der Waals surface area contributed by atoms with Crippen LogP contribution in [0.2, 0.25) is 5.02 Å². The Balaban J connectivity index is 2.39. The van der Waals surface area contributed by atoms with Gasteiger partial charge in [-0.05, 0) is 12.8 Å². The van der Waals surface area contributed by atoms with E-state index in [1.54, 1.807) is 0 Å². The minimum atomic E-state index is -0.306. The first-order valence-electron chi connectivity index (χ1n) is 7.48. The summed E-state index contributed by atoms with van der Waals surface area (Å²) >= 11 is 6.28. The molecule has 1 unspecified atom stereocenters. The second kappa shape index (κ2) is 8.60. The van der Waals surface area contributed by atoms with E-state index in [4.69, 9.17) is 11.6 Å². The second-order valence-corrected chi connectivity index (χ2v) is 5.62. The van der Waals surface area contributed by atoms with E-state index < -0.39 is 0 Å². The van der Waals surface area contributed by atoms with Gasteiger partial charge in [0.15, 0.2) is 0 Å². The Labute approximate surface area is 122 Å². The van der Waals surface area contributed by atoms with E-state index in [1.165, 1.54) is 25.7 Å². The van der Waals surface area contributed by atoms with Gasteiger partial charge in [0.2, 0.25) is 0 Å². The van der Waals surface area contributed by atoms with Crippen LogP contribution >= 0.6 is 11.6 Å². The summed E-state index contributed by atoms with van der Waals surface area (Å²) in [6.07, 6.45) is 8.12. The van der Waals surface area contributed by atoms with Crippen LogP contribution in [0.15, 0.2) is 0 Å². The number of halogens is 1. The van der Waals surface area contributed by atoms with Gasteiger partial charge in [-0.1, -0.05) is 57.6 Å². The van der Waals surface area contributed by atoms with Crippen molar-refractivity contribution in [2.45, 2.75) is 71.3 Å².